The van der Waals surface area contributed by atoms with Gasteiger partial charge in [-0.05, 0) is 42.5 Å². The Kier molecular flexibility index (Phi) is 4.89. The van der Waals surface area contributed by atoms with Crippen molar-refractivity contribution in [2.45, 2.75) is 25.3 Å². The van der Waals surface area contributed by atoms with Crippen molar-refractivity contribution in [2.24, 2.45) is 0 Å². The molecule has 24 heavy (non-hydrogen) atoms. The van der Waals surface area contributed by atoms with Crippen LogP contribution in [0.2, 0.25) is 0 Å². The average molecular weight is 324 g/mol. The van der Waals surface area contributed by atoms with Crippen molar-refractivity contribution in [3.8, 4) is 0 Å². The van der Waals surface area contributed by atoms with Crippen molar-refractivity contribution < 1.29 is 14.3 Å². The minimum atomic E-state index is -0.533. The second kappa shape index (κ2) is 7.25. The molecule has 0 saturated heterocycles. The molecule has 124 valence electrons. The van der Waals surface area contributed by atoms with Crippen LogP contribution < -0.4 is 0 Å². The summed E-state index contributed by atoms with van der Waals surface area (Å²) in [5, 5.41) is 0. The number of nitrogens with zero attached hydrogens (tertiary/aromatic N) is 2. The molecule has 3 rings (SSSR count). The molecule has 1 aliphatic rings. The third-order valence-corrected chi connectivity index (χ3v) is 4.42. The van der Waals surface area contributed by atoms with E-state index in [1.165, 1.54) is 17.3 Å². The van der Waals surface area contributed by atoms with Gasteiger partial charge in [-0.25, -0.2) is 4.79 Å². The van der Waals surface area contributed by atoms with Gasteiger partial charge in [0.2, 0.25) is 0 Å². The number of hydrogen-bond donors (Lipinski definition) is 0. The van der Waals surface area contributed by atoms with Gasteiger partial charge in [-0.3, -0.25) is 9.78 Å². The first-order chi connectivity index (χ1) is 11.7. The van der Waals surface area contributed by atoms with Crippen LogP contribution in [0.4, 0.5) is 0 Å². The van der Waals surface area contributed by atoms with E-state index in [2.05, 4.69) is 17.1 Å². The van der Waals surface area contributed by atoms with E-state index in [0.717, 1.165) is 19.3 Å². The topological polar surface area (TPSA) is 59.5 Å². The van der Waals surface area contributed by atoms with E-state index in [1.54, 1.807) is 30.3 Å². The van der Waals surface area contributed by atoms with Gasteiger partial charge in [0.15, 0.2) is 6.61 Å². The van der Waals surface area contributed by atoms with E-state index < -0.39 is 5.97 Å². The lowest BCUT2D eigenvalue weighted by atomic mass is 9.87. The van der Waals surface area contributed by atoms with Crippen LogP contribution >= 0.6 is 0 Å². The predicted octanol–water partition coefficient (Wildman–Crippen LogP) is 2.77. The van der Waals surface area contributed by atoms with Gasteiger partial charge in [0.25, 0.3) is 5.91 Å². The van der Waals surface area contributed by atoms with Crippen LogP contribution in [0.5, 0.6) is 0 Å². The summed E-state index contributed by atoms with van der Waals surface area (Å²) < 4.78 is 5.12. The summed E-state index contributed by atoms with van der Waals surface area (Å²) in [7, 11) is 1.77. The van der Waals surface area contributed by atoms with Crippen LogP contribution in [0, 0.1) is 0 Å². The summed E-state index contributed by atoms with van der Waals surface area (Å²) in [6.07, 6.45) is 6.03. The summed E-state index contributed by atoms with van der Waals surface area (Å²) in [6, 6.07) is 11.5. The second-order valence-corrected chi connectivity index (χ2v) is 5.93. The van der Waals surface area contributed by atoms with Gasteiger partial charge in [0.1, 0.15) is 0 Å². The number of carbonyl (C=O) groups excluding carboxylic acids is 2. The Morgan fingerprint density at radius 3 is 2.88 bits per heavy atom. The average Bonchev–Trinajstić information content (AvgIpc) is 2.65. The summed E-state index contributed by atoms with van der Waals surface area (Å²) in [5.41, 5.74) is 2.83. The zero-order chi connectivity index (χ0) is 16.9. The number of pyridine rings is 1. The lowest BCUT2D eigenvalue weighted by Gasteiger charge is -2.33. The normalized spacial score (nSPS) is 16.1. The van der Waals surface area contributed by atoms with Crippen molar-refractivity contribution >= 4 is 11.9 Å². The number of hydrogen-bond acceptors (Lipinski definition) is 4. The fourth-order valence-electron chi connectivity index (χ4n) is 3.10. The van der Waals surface area contributed by atoms with Crippen LogP contribution in [0.15, 0.2) is 48.8 Å². The minimum absolute atomic E-state index is 0.0412. The molecule has 5 nitrogen and oxygen atoms in total. The summed E-state index contributed by atoms with van der Waals surface area (Å²) in [4.78, 5) is 29.9. The Labute approximate surface area is 141 Å². The molecular weight excluding hydrogens is 304 g/mol. The fourth-order valence-corrected chi connectivity index (χ4v) is 3.10. The molecule has 1 aromatic carbocycles. The van der Waals surface area contributed by atoms with Crippen molar-refractivity contribution in [3.63, 3.8) is 0 Å². The molecule has 0 radical (unpaired) electrons. The molecule has 0 aliphatic heterocycles. The second-order valence-electron chi connectivity index (χ2n) is 5.93. The monoisotopic (exact) mass is 324 g/mol. The number of carbonyl (C=O) groups is 2. The number of aryl methyl sites for hydroxylation is 1. The highest BCUT2D eigenvalue weighted by Gasteiger charge is 2.27. The molecule has 0 fully saturated rings. The standard InChI is InChI=1S/C19H20N2O3/c1-21(17-10-4-7-14-6-2-3-9-16(14)17)18(22)13-24-19(23)15-8-5-11-20-12-15/h2-3,5-6,8-9,11-12,17H,4,7,10,13H2,1H3/t17-/m1/s1. The van der Waals surface area contributed by atoms with Crippen molar-refractivity contribution in [1.82, 2.24) is 9.88 Å². The van der Waals surface area contributed by atoms with E-state index in [9.17, 15) is 9.59 Å². The van der Waals surface area contributed by atoms with Crippen molar-refractivity contribution in [3.05, 3.63) is 65.5 Å². The quantitative estimate of drug-likeness (QED) is 0.812. The molecule has 0 unspecified atom stereocenters. The molecule has 0 spiro atoms. The number of likely N-dealkylation sites (N-methyl/N-ethyl adjacent to an activating group) is 1. The number of esters is 1. The first-order valence-electron chi connectivity index (χ1n) is 8.07. The third kappa shape index (κ3) is 3.45. The zero-order valence-corrected chi connectivity index (χ0v) is 13.6. The highest BCUT2D eigenvalue weighted by Crippen LogP contribution is 2.33. The molecule has 1 heterocycles. The number of amides is 1. The van der Waals surface area contributed by atoms with Gasteiger partial charge < -0.3 is 9.64 Å². The SMILES string of the molecule is CN(C(=O)COC(=O)c1cccnc1)[C@@H]1CCCc2ccccc21. The molecule has 2 aromatic rings. The first-order valence-corrected chi connectivity index (χ1v) is 8.07. The van der Waals surface area contributed by atoms with E-state index >= 15 is 0 Å². The minimum Gasteiger partial charge on any atom is -0.452 e. The van der Waals surface area contributed by atoms with Gasteiger partial charge in [-0.1, -0.05) is 24.3 Å². The third-order valence-electron chi connectivity index (χ3n) is 4.42. The molecule has 0 bridgehead atoms. The highest BCUT2D eigenvalue weighted by molar-refractivity contribution is 5.91. The number of rotatable bonds is 4. The molecule has 0 saturated carbocycles. The lowest BCUT2D eigenvalue weighted by Crippen LogP contribution is -2.36. The van der Waals surface area contributed by atoms with E-state index in [0.29, 0.717) is 5.56 Å². The number of benzene rings is 1. The molecule has 1 aromatic heterocycles. The van der Waals surface area contributed by atoms with Crippen LogP contribution in [-0.2, 0) is 16.0 Å². The Balaban J connectivity index is 1.63. The molecule has 5 heteroatoms. The van der Waals surface area contributed by atoms with E-state index in [4.69, 9.17) is 4.74 Å². The maximum Gasteiger partial charge on any atom is 0.340 e. The summed E-state index contributed by atoms with van der Waals surface area (Å²) in [5.74, 6) is -0.733. The zero-order valence-electron chi connectivity index (χ0n) is 13.6. The Bertz CT molecular complexity index is 730. The largest absolute Gasteiger partial charge is 0.452 e. The molecule has 1 atom stereocenters. The molecule has 0 N–H and O–H groups in total. The highest BCUT2D eigenvalue weighted by atomic mass is 16.5. The van der Waals surface area contributed by atoms with E-state index in [-0.39, 0.29) is 18.6 Å². The predicted molar refractivity (Wildman–Crippen MR) is 89.4 cm³/mol. The van der Waals surface area contributed by atoms with Gasteiger partial charge >= 0.3 is 5.97 Å². The summed E-state index contributed by atoms with van der Waals surface area (Å²) in [6.45, 7) is -0.261. The molecular formula is C19H20N2O3. The maximum absolute atomic E-state index is 12.4. The lowest BCUT2D eigenvalue weighted by molar-refractivity contribution is -0.135. The maximum atomic E-state index is 12.4. The Morgan fingerprint density at radius 2 is 2.08 bits per heavy atom. The number of fused-ring (bicyclic) bond motifs is 1. The van der Waals surface area contributed by atoms with Crippen LogP contribution in [0.25, 0.3) is 0 Å². The van der Waals surface area contributed by atoms with E-state index in [1.807, 2.05) is 12.1 Å². The van der Waals surface area contributed by atoms with Crippen LogP contribution in [-0.4, -0.2) is 35.4 Å². The Morgan fingerprint density at radius 1 is 1.25 bits per heavy atom. The number of ether oxygens (including phenoxy) is 1. The fraction of sp³-hybridized carbons (Fsp3) is 0.316. The number of aromatic nitrogens is 1. The smallest absolute Gasteiger partial charge is 0.340 e. The first kappa shape index (κ1) is 16.2. The molecule has 1 amide bonds. The van der Waals surface area contributed by atoms with Gasteiger partial charge in [-0.15, -0.1) is 0 Å². The van der Waals surface area contributed by atoms with Crippen molar-refractivity contribution in [2.75, 3.05) is 13.7 Å². The Hall–Kier alpha value is -2.69. The van der Waals surface area contributed by atoms with Crippen molar-refractivity contribution in [1.29, 1.82) is 0 Å². The van der Waals surface area contributed by atoms with Gasteiger partial charge in [0.05, 0.1) is 11.6 Å². The van der Waals surface area contributed by atoms with Crippen LogP contribution in [0.3, 0.4) is 0 Å². The summed E-state index contributed by atoms with van der Waals surface area (Å²) >= 11 is 0. The van der Waals surface area contributed by atoms with Gasteiger partial charge in [0, 0.05) is 19.4 Å². The van der Waals surface area contributed by atoms with Crippen LogP contribution in [0.1, 0.15) is 40.4 Å². The molecule has 1 aliphatic carbocycles. The van der Waals surface area contributed by atoms with Gasteiger partial charge in [-0.2, -0.15) is 0 Å².